The number of nitrogens with zero attached hydrogens (tertiary/aromatic N) is 1. The molecule has 0 aromatic rings. The van der Waals surface area contributed by atoms with E-state index in [2.05, 4.69) is 62.5 Å². The zero-order chi connectivity index (χ0) is 36.4. The highest BCUT2D eigenvalue weighted by Crippen LogP contribution is 2.11. The summed E-state index contributed by atoms with van der Waals surface area (Å²) >= 11 is 0. The summed E-state index contributed by atoms with van der Waals surface area (Å²) in [5, 5.41) is 9.57. The third-order valence-electron chi connectivity index (χ3n) is 7.57. The van der Waals surface area contributed by atoms with Crippen molar-refractivity contribution in [3.8, 4) is 0 Å². The van der Waals surface area contributed by atoms with E-state index < -0.39 is 24.3 Å². The van der Waals surface area contributed by atoms with Gasteiger partial charge in [-0.2, -0.15) is 0 Å². The summed E-state index contributed by atoms with van der Waals surface area (Å²) < 4.78 is 22.5. The average Bonchev–Trinajstić information content (AvgIpc) is 3.05. The van der Waals surface area contributed by atoms with Gasteiger partial charge in [-0.25, -0.2) is 4.79 Å². The smallest absolute Gasteiger partial charge is 0.361 e. The normalized spacial score (nSPS) is 13.6. The number of aliphatic carboxylic acids is 1. The Bertz CT molecular complexity index is 950. The quantitative estimate of drug-likeness (QED) is 0.0239. The first-order chi connectivity index (χ1) is 23.6. The predicted octanol–water partition coefficient (Wildman–Crippen LogP) is 8.88. The molecule has 49 heavy (non-hydrogen) atoms. The molecule has 0 bridgehead atoms. The van der Waals surface area contributed by atoms with Crippen LogP contribution in [0.5, 0.6) is 0 Å². The van der Waals surface area contributed by atoms with Gasteiger partial charge >= 0.3 is 17.9 Å². The Balaban J connectivity index is 4.63. The number of quaternary nitrogens is 1. The minimum atomic E-state index is -1.52. The number of carbonyl (C=O) groups excluding carboxylic acids is 2. The summed E-state index contributed by atoms with van der Waals surface area (Å²) in [4.78, 5) is 36.8. The Morgan fingerprint density at radius 2 is 1.16 bits per heavy atom. The van der Waals surface area contributed by atoms with Crippen molar-refractivity contribution in [2.75, 3.05) is 47.5 Å². The summed E-state index contributed by atoms with van der Waals surface area (Å²) in [5.74, 6) is -2.07. The number of likely N-dealkylation sites (N-methyl/N-ethyl adjacent to an activating group) is 1. The van der Waals surface area contributed by atoms with E-state index in [0.29, 0.717) is 17.4 Å². The van der Waals surface area contributed by atoms with Crippen LogP contribution in [-0.4, -0.2) is 87.4 Å². The minimum Gasteiger partial charge on any atom is -0.477 e. The van der Waals surface area contributed by atoms with Gasteiger partial charge in [-0.15, -0.1) is 0 Å². The molecular formula is C40H70NO8+. The van der Waals surface area contributed by atoms with E-state index >= 15 is 0 Å². The number of rotatable bonds is 33. The maximum Gasteiger partial charge on any atom is 0.361 e. The molecule has 0 saturated heterocycles. The number of ether oxygens (including phenoxy) is 4. The lowest BCUT2D eigenvalue weighted by molar-refractivity contribution is -0.870. The number of hydrogen-bond donors (Lipinski definition) is 1. The molecule has 0 amide bonds. The van der Waals surface area contributed by atoms with E-state index in [4.69, 9.17) is 18.9 Å². The van der Waals surface area contributed by atoms with Gasteiger partial charge in [0.2, 0.25) is 0 Å². The number of esters is 2. The monoisotopic (exact) mass is 693 g/mol. The maximum absolute atomic E-state index is 12.6. The van der Waals surface area contributed by atoms with Crippen LogP contribution < -0.4 is 0 Å². The fourth-order valence-electron chi connectivity index (χ4n) is 4.59. The van der Waals surface area contributed by atoms with Crippen molar-refractivity contribution in [3.63, 3.8) is 0 Å². The Hall–Kier alpha value is -2.75. The van der Waals surface area contributed by atoms with Gasteiger partial charge in [-0.3, -0.25) is 9.59 Å². The largest absolute Gasteiger partial charge is 0.477 e. The second-order valence-electron chi connectivity index (χ2n) is 13.5. The predicted molar refractivity (Wildman–Crippen MR) is 198 cm³/mol. The van der Waals surface area contributed by atoms with Gasteiger partial charge in [0.25, 0.3) is 6.29 Å². The molecule has 0 aliphatic carbocycles. The molecule has 1 N–H and O–H groups in total. The van der Waals surface area contributed by atoms with E-state index in [1.165, 1.54) is 12.8 Å². The molecule has 9 heteroatoms. The summed E-state index contributed by atoms with van der Waals surface area (Å²) in [6, 6.07) is 0. The van der Waals surface area contributed by atoms with Crippen molar-refractivity contribution >= 4 is 17.9 Å². The van der Waals surface area contributed by atoms with Gasteiger partial charge in [0, 0.05) is 12.8 Å². The number of carboxylic acids is 1. The Morgan fingerprint density at radius 3 is 1.78 bits per heavy atom. The third kappa shape index (κ3) is 33.5. The highest BCUT2D eigenvalue weighted by molar-refractivity contribution is 5.71. The molecule has 0 rings (SSSR count). The van der Waals surface area contributed by atoms with Gasteiger partial charge in [-0.05, 0) is 64.2 Å². The number of allylic oxidation sites excluding steroid dienone is 8. The zero-order valence-corrected chi connectivity index (χ0v) is 31.6. The van der Waals surface area contributed by atoms with Crippen LogP contribution in [0, 0.1) is 0 Å². The van der Waals surface area contributed by atoms with Crippen LogP contribution in [-0.2, 0) is 33.3 Å². The van der Waals surface area contributed by atoms with Crippen molar-refractivity contribution in [3.05, 3.63) is 48.6 Å². The van der Waals surface area contributed by atoms with Crippen LogP contribution in [0.3, 0.4) is 0 Å². The molecule has 0 aliphatic rings. The third-order valence-corrected chi connectivity index (χ3v) is 7.57. The maximum atomic E-state index is 12.6. The molecule has 0 spiro atoms. The first-order valence-electron chi connectivity index (χ1n) is 18.8. The SMILES string of the molecule is CC/C=C\C/C=C\C/C=C\CCCCCC(=O)OC(COC(=O)CCCCCCC/C=C\CCCC)COC(OCC[N+](C)(C)C)C(=O)O. The number of carboxylic acid groups (broad SMARTS) is 1. The van der Waals surface area contributed by atoms with Crippen LogP contribution in [0.15, 0.2) is 48.6 Å². The highest BCUT2D eigenvalue weighted by atomic mass is 16.7. The standard InChI is InChI=1S/C40H69NO8/c1-6-8-10-12-14-16-18-19-21-23-25-27-29-31-38(43)49-36(35-48-40(39(44)45)46-33-32-41(3,4)5)34-47-37(42)30-28-26-24-22-20-17-15-13-11-9-7-2/h8,10,13-16,19,21,36,40H,6-7,9,11-12,17-18,20,22-35H2,1-5H3/p+1/b10-8-,15-13-,16-14-,21-19-. The molecule has 0 radical (unpaired) electrons. The molecular weight excluding hydrogens is 622 g/mol. The summed E-state index contributed by atoms with van der Waals surface area (Å²) in [6.45, 7) is 4.63. The van der Waals surface area contributed by atoms with Gasteiger partial charge in [0.15, 0.2) is 6.10 Å². The second-order valence-corrected chi connectivity index (χ2v) is 13.5. The lowest BCUT2D eigenvalue weighted by Gasteiger charge is -2.25. The van der Waals surface area contributed by atoms with E-state index in [1.807, 2.05) is 21.1 Å². The highest BCUT2D eigenvalue weighted by Gasteiger charge is 2.25. The second kappa shape index (κ2) is 32.5. The zero-order valence-electron chi connectivity index (χ0n) is 31.6. The van der Waals surface area contributed by atoms with Crippen molar-refractivity contribution in [2.24, 2.45) is 0 Å². The van der Waals surface area contributed by atoms with Crippen LogP contribution in [0.4, 0.5) is 0 Å². The number of carbonyl (C=O) groups is 3. The van der Waals surface area contributed by atoms with Crippen LogP contribution >= 0.6 is 0 Å². The summed E-state index contributed by atoms with van der Waals surface area (Å²) in [6.07, 6.45) is 31.8. The van der Waals surface area contributed by atoms with Gasteiger partial charge in [0.1, 0.15) is 13.2 Å². The van der Waals surface area contributed by atoms with Crippen molar-refractivity contribution in [1.29, 1.82) is 0 Å². The minimum absolute atomic E-state index is 0.179. The Morgan fingerprint density at radius 1 is 0.633 bits per heavy atom. The van der Waals surface area contributed by atoms with E-state index in [9.17, 15) is 19.5 Å². The average molecular weight is 693 g/mol. The summed E-state index contributed by atoms with van der Waals surface area (Å²) in [7, 11) is 5.92. The summed E-state index contributed by atoms with van der Waals surface area (Å²) in [5.41, 5.74) is 0. The van der Waals surface area contributed by atoms with Crippen LogP contribution in [0.2, 0.25) is 0 Å². The molecule has 282 valence electrons. The molecule has 0 aromatic heterocycles. The van der Waals surface area contributed by atoms with Gasteiger partial charge in [-0.1, -0.05) is 101 Å². The van der Waals surface area contributed by atoms with Gasteiger partial charge < -0.3 is 28.5 Å². The number of unbranched alkanes of at least 4 members (excludes halogenated alkanes) is 10. The molecule has 2 unspecified atom stereocenters. The Labute approximate surface area is 298 Å². The lowest BCUT2D eigenvalue weighted by Crippen LogP contribution is -2.40. The number of hydrogen-bond acceptors (Lipinski definition) is 7. The van der Waals surface area contributed by atoms with Crippen molar-refractivity contribution in [2.45, 2.75) is 142 Å². The first kappa shape index (κ1) is 46.2. The molecule has 0 heterocycles. The molecule has 2 atom stereocenters. The fourth-order valence-corrected chi connectivity index (χ4v) is 4.59. The van der Waals surface area contributed by atoms with E-state index in [0.717, 1.165) is 83.5 Å². The van der Waals surface area contributed by atoms with Crippen LogP contribution in [0.25, 0.3) is 0 Å². The lowest BCUT2D eigenvalue weighted by atomic mass is 10.1. The van der Waals surface area contributed by atoms with E-state index in [1.54, 1.807) is 0 Å². The molecule has 0 saturated carbocycles. The van der Waals surface area contributed by atoms with Crippen molar-refractivity contribution < 1.29 is 42.9 Å². The molecule has 9 nitrogen and oxygen atoms in total. The van der Waals surface area contributed by atoms with Gasteiger partial charge in [0.05, 0.1) is 34.4 Å². The van der Waals surface area contributed by atoms with Crippen LogP contribution in [0.1, 0.15) is 129 Å². The Kier molecular flexibility index (Phi) is 30.6. The topological polar surface area (TPSA) is 108 Å². The van der Waals surface area contributed by atoms with E-state index in [-0.39, 0.29) is 38.6 Å². The molecule has 0 aromatic carbocycles. The fraction of sp³-hybridized carbons (Fsp3) is 0.725. The molecule has 0 aliphatic heterocycles. The van der Waals surface area contributed by atoms with Crippen molar-refractivity contribution in [1.82, 2.24) is 0 Å². The first-order valence-corrected chi connectivity index (χ1v) is 18.8. The molecule has 0 fully saturated rings.